The van der Waals surface area contributed by atoms with E-state index in [1.165, 1.54) is 10.1 Å². The van der Waals surface area contributed by atoms with Crippen LogP contribution in [0.1, 0.15) is 43.9 Å². The Hall–Kier alpha value is -4.06. The lowest BCUT2D eigenvalue weighted by Crippen LogP contribution is -2.35. The highest BCUT2D eigenvalue weighted by molar-refractivity contribution is 5.85. The van der Waals surface area contributed by atoms with E-state index in [1.54, 1.807) is 31.3 Å². The molecular formula is C27H26N4O2. The molecule has 1 atom stereocenters. The number of amides is 1. The van der Waals surface area contributed by atoms with E-state index in [0.717, 1.165) is 11.1 Å². The van der Waals surface area contributed by atoms with Gasteiger partial charge in [0.15, 0.2) is 0 Å². The number of nitrogens with one attached hydrogen (secondary N) is 1. The Balaban J connectivity index is 1.64. The maximum atomic E-state index is 13.4. The molecule has 1 aromatic heterocycles. The maximum Gasteiger partial charge on any atom is 0.263 e. The number of carbonyl (C=O) groups is 1. The van der Waals surface area contributed by atoms with Crippen molar-refractivity contribution >= 4 is 23.0 Å². The van der Waals surface area contributed by atoms with Gasteiger partial charge in [-0.05, 0) is 36.1 Å². The molecule has 0 spiro atoms. The van der Waals surface area contributed by atoms with Gasteiger partial charge in [-0.3, -0.25) is 14.2 Å². The van der Waals surface area contributed by atoms with Gasteiger partial charge in [0.25, 0.3) is 11.5 Å². The van der Waals surface area contributed by atoms with Gasteiger partial charge in [0, 0.05) is 5.56 Å². The van der Waals surface area contributed by atoms with Crippen molar-refractivity contribution in [3.63, 3.8) is 0 Å². The lowest BCUT2D eigenvalue weighted by molar-refractivity contribution is -0.123. The molecule has 166 valence electrons. The van der Waals surface area contributed by atoms with Crippen LogP contribution in [-0.2, 0) is 4.79 Å². The normalized spacial score (nSPS) is 12.4. The summed E-state index contributed by atoms with van der Waals surface area (Å²) in [4.78, 5) is 31.0. The third-order valence-corrected chi connectivity index (χ3v) is 5.60. The monoisotopic (exact) mass is 438 g/mol. The predicted octanol–water partition coefficient (Wildman–Crippen LogP) is 4.90. The molecule has 0 aliphatic rings. The largest absolute Gasteiger partial charge is 0.280 e. The van der Waals surface area contributed by atoms with Crippen LogP contribution in [0.15, 0.2) is 88.8 Å². The standard InChI is InChI=1S/C27H26N4O2/c1-18(2)21-15-13-20(14-16-21)17-28-30-26(32)19(3)31-25(22-9-5-4-6-10-22)29-24-12-8-7-11-23(24)27(31)33/h4-19H,1-3H3,(H,30,32). The molecule has 0 saturated heterocycles. The molecule has 0 fully saturated rings. The summed E-state index contributed by atoms with van der Waals surface area (Å²) in [6, 6.07) is 23.7. The van der Waals surface area contributed by atoms with Gasteiger partial charge in [-0.15, -0.1) is 0 Å². The molecule has 1 N–H and O–H groups in total. The number of benzene rings is 3. The lowest BCUT2D eigenvalue weighted by Gasteiger charge is -2.18. The molecule has 1 heterocycles. The SMILES string of the molecule is CC(C)c1ccc(C=NNC(=O)C(C)n2c(-c3ccccc3)nc3ccccc3c2=O)cc1. The number of rotatable bonds is 6. The van der Waals surface area contributed by atoms with Crippen molar-refractivity contribution in [2.45, 2.75) is 32.7 Å². The minimum absolute atomic E-state index is 0.268. The molecule has 0 radical (unpaired) electrons. The highest BCUT2D eigenvalue weighted by atomic mass is 16.2. The van der Waals surface area contributed by atoms with Crippen LogP contribution in [0, 0.1) is 0 Å². The van der Waals surface area contributed by atoms with Crippen LogP contribution in [0.4, 0.5) is 0 Å². The highest BCUT2D eigenvalue weighted by Gasteiger charge is 2.22. The minimum Gasteiger partial charge on any atom is -0.280 e. The summed E-state index contributed by atoms with van der Waals surface area (Å²) in [6.07, 6.45) is 1.59. The summed E-state index contributed by atoms with van der Waals surface area (Å²) in [6.45, 7) is 5.95. The van der Waals surface area contributed by atoms with Gasteiger partial charge in [0.2, 0.25) is 0 Å². The Labute approximate surface area is 192 Å². The first kappa shape index (κ1) is 22.1. The first-order chi connectivity index (χ1) is 16.0. The zero-order chi connectivity index (χ0) is 23.4. The van der Waals surface area contributed by atoms with Crippen LogP contribution in [0.3, 0.4) is 0 Å². The molecule has 1 amide bonds. The Morgan fingerprint density at radius 2 is 1.61 bits per heavy atom. The van der Waals surface area contributed by atoms with Gasteiger partial charge < -0.3 is 0 Å². The second-order valence-corrected chi connectivity index (χ2v) is 8.23. The summed E-state index contributed by atoms with van der Waals surface area (Å²) < 4.78 is 1.43. The number of carbonyl (C=O) groups excluding carboxylic acids is 1. The van der Waals surface area contributed by atoms with E-state index in [0.29, 0.717) is 22.6 Å². The molecule has 6 nitrogen and oxygen atoms in total. The molecule has 33 heavy (non-hydrogen) atoms. The Morgan fingerprint density at radius 3 is 2.30 bits per heavy atom. The van der Waals surface area contributed by atoms with E-state index in [2.05, 4.69) is 24.4 Å². The highest BCUT2D eigenvalue weighted by Crippen LogP contribution is 2.22. The molecule has 4 rings (SSSR count). The Morgan fingerprint density at radius 1 is 0.939 bits per heavy atom. The van der Waals surface area contributed by atoms with E-state index >= 15 is 0 Å². The van der Waals surface area contributed by atoms with Crippen LogP contribution in [-0.4, -0.2) is 21.7 Å². The number of para-hydroxylation sites is 1. The molecule has 0 aliphatic heterocycles. The first-order valence-electron chi connectivity index (χ1n) is 11.0. The number of hydrogen-bond donors (Lipinski definition) is 1. The fraction of sp³-hybridized carbons (Fsp3) is 0.185. The molecule has 0 saturated carbocycles. The maximum absolute atomic E-state index is 13.4. The molecular weight excluding hydrogens is 412 g/mol. The molecule has 1 unspecified atom stereocenters. The summed E-state index contributed by atoms with van der Waals surface area (Å²) >= 11 is 0. The number of nitrogens with zero attached hydrogens (tertiary/aromatic N) is 3. The Kier molecular flexibility index (Phi) is 6.45. The number of hydrogen-bond acceptors (Lipinski definition) is 4. The summed E-state index contributed by atoms with van der Waals surface area (Å²) in [5, 5.41) is 4.56. The minimum atomic E-state index is -0.815. The predicted molar refractivity (Wildman–Crippen MR) is 132 cm³/mol. The third-order valence-electron chi connectivity index (χ3n) is 5.60. The van der Waals surface area contributed by atoms with E-state index < -0.39 is 11.9 Å². The van der Waals surface area contributed by atoms with E-state index in [9.17, 15) is 9.59 Å². The lowest BCUT2D eigenvalue weighted by atomic mass is 10.0. The smallest absolute Gasteiger partial charge is 0.263 e. The van der Waals surface area contributed by atoms with E-state index in [-0.39, 0.29) is 5.56 Å². The molecule has 4 aromatic rings. The van der Waals surface area contributed by atoms with Crippen LogP contribution in [0.2, 0.25) is 0 Å². The van der Waals surface area contributed by atoms with Crippen LogP contribution < -0.4 is 11.0 Å². The fourth-order valence-corrected chi connectivity index (χ4v) is 3.64. The summed E-state index contributed by atoms with van der Waals surface area (Å²) in [7, 11) is 0. The van der Waals surface area contributed by atoms with Gasteiger partial charge in [-0.2, -0.15) is 5.10 Å². The topological polar surface area (TPSA) is 76.3 Å². The zero-order valence-corrected chi connectivity index (χ0v) is 18.9. The van der Waals surface area contributed by atoms with E-state index in [1.807, 2.05) is 60.7 Å². The number of aromatic nitrogens is 2. The van der Waals surface area contributed by atoms with Crippen LogP contribution in [0.5, 0.6) is 0 Å². The summed E-state index contributed by atoms with van der Waals surface area (Å²) in [5.41, 5.74) is 5.76. The van der Waals surface area contributed by atoms with Crippen molar-refractivity contribution in [3.8, 4) is 11.4 Å². The van der Waals surface area contributed by atoms with Crippen molar-refractivity contribution < 1.29 is 4.79 Å². The second kappa shape index (κ2) is 9.61. The number of fused-ring (bicyclic) bond motifs is 1. The third kappa shape index (κ3) is 4.75. The van der Waals surface area contributed by atoms with Gasteiger partial charge in [-0.1, -0.05) is 80.6 Å². The molecule has 0 bridgehead atoms. The van der Waals surface area contributed by atoms with Crippen molar-refractivity contribution in [3.05, 3.63) is 100 Å². The number of hydrazone groups is 1. The van der Waals surface area contributed by atoms with Crippen molar-refractivity contribution in [2.75, 3.05) is 0 Å². The van der Waals surface area contributed by atoms with Gasteiger partial charge in [0.05, 0.1) is 17.1 Å². The first-order valence-corrected chi connectivity index (χ1v) is 11.0. The summed E-state index contributed by atoms with van der Waals surface area (Å²) in [5.74, 6) is 0.487. The van der Waals surface area contributed by atoms with Gasteiger partial charge in [0.1, 0.15) is 11.9 Å². The van der Waals surface area contributed by atoms with Crippen LogP contribution >= 0.6 is 0 Å². The second-order valence-electron chi connectivity index (χ2n) is 8.23. The molecule has 0 aliphatic carbocycles. The van der Waals surface area contributed by atoms with Gasteiger partial charge in [-0.25, -0.2) is 10.4 Å². The van der Waals surface area contributed by atoms with Crippen LogP contribution in [0.25, 0.3) is 22.3 Å². The van der Waals surface area contributed by atoms with Crippen molar-refractivity contribution in [2.24, 2.45) is 5.10 Å². The van der Waals surface area contributed by atoms with Crippen molar-refractivity contribution in [1.29, 1.82) is 0 Å². The Bertz CT molecular complexity index is 1360. The zero-order valence-electron chi connectivity index (χ0n) is 18.9. The average molecular weight is 439 g/mol. The van der Waals surface area contributed by atoms with Gasteiger partial charge >= 0.3 is 0 Å². The van der Waals surface area contributed by atoms with E-state index in [4.69, 9.17) is 4.98 Å². The molecule has 3 aromatic carbocycles. The fourth-order valence-electron chi connectivity index (χ4n) is 3.64. The molecule has 6 heteroatoms. The average Bonchev–Trinajstić information content (AvgIpc) is 2.84. The quantitative estimate of drug-likeness (QED) is 0.344. The van der Waals surface area contributed by atoms with Crippen molar-refractivity contribution in [1.82, 2.24) is 15.0 Å².